The number of rotatable bonds is 5. The summed E-state index contributed by atoms with van der Waals surface area (Å²) in [7, 11) is -1.74. The normalized spacial score (nSPS) is 18.6. The average Bonchev–Trinajstić information content (AvgIpc) is 3.04. The molecule has 1 aliphatic rings. The van der Waals surface area contributed by atoms with E-state index in [4.69, 9.17) is 5.73 Å². The summed E-state index contributed by atoms with van der Waals surface area (Å²) in [5.41, 5.74) is 6.19. The minimum atomic E-state index is -3.39. The second-order valence-corrected chi connectivity index (χ2v) is 6.66. The van der Waals surface area contributed by atoms with E-state index < -0.39 is 10.0 Å². The van der Waals surface area contributed by atoms with Gasteiger partial charge in [-0.15, -0.1) is 0 Å². The first-order chi connectivity index (χ1) is 7.96. The van der Waals surface area contributed by atoms with Crippen LogP contribution < -0.4 is 5.73 Å². The van der Waals surface area contributed by atoms with Gasteiger partial charge in [0.1, 0.15) is 0 Å². The maximum absolute atomic E-state index is 12.3. The Labute approximate surface area is 102 Å². The van der Waals surface area contributed by atoms with Crippen LogP contribution >= 0.6 is 0 Å². The van der Waals surface area contributed by atoms with Crippen molar-refractivity contribution in [2.75, 3.05) is 7.05 Å². The van der Waals surface area contributed by atoms with Gasteiger partial charge in [0.05, 0.1) is 4.90 Å². The number of nitrogens with two attached hydrogens (primary N) is 1. The molecule has 1 aromatic heterocycles. The zero-order valence-corrected chi connectivity index (χ0v) is 11.0. The lowest BCUT2D eigenvalue weighted by molar-refractivity contribution is 0.357. The number of aromatic amines is 1. The molecule has 0 saturated heterocycles. The van der Waals surface area contributed by atoms with Gasteiger partial charge in [0.2, 0.25) is 10.0 Å². The minimum absolute atomic E-state index is 0.0660. The van der Waals surface area contributed by atoms with Crippen molar-refractivity contribution in [3.63, 3.8) is 0 Å². The molecule has 5 nitrogen and oxygen atoms in total. The monoisotopic (exact) mass is 257 g/mol. The highest BCUT2D eigenvalue weighted by atomic mass is 32.2. The van der Waals surface area contributed by atoms with Gasteiger partial charge in [0.25, 0.3) is 0 Å². The molecule has 1 atom stereocenters. The quantitative estimate of drug-likeness (QED) is 0.822. The highest BCUT2D eigenvalue weighted by Gasteiger charge is 2.36. The van der Waals surface area contributed by atoms with E-state index in [1.807, 2.05) is 6.92 Å². The lowest BCUT2D eigenvalue weighted by atomic mass is 10.2. The Morgan fingerprint density at radius 3 is 2.71 bits per heavy atom. The van der Waals surface area contributed by atoms with Gasteiger partial charge in [-0.1, -0.05) is 0 Å². The number of nitrogens with zero attached hydrogens (tertiary/aromatic N) is 1. The third-order valence-electron chi connectivity index (χ3n) is 3.49. The molecular weight excluding hydrogens is 238 g/mol. The SMILES string of the molecule is CC(C1CC1)N(C)S(=O)(=O)c1c[nH]c(CN)c1. The Bertz CT molecular complexity index is 491. The minimum Gasteiger partial charge on any atom is -0.363 e. The molecule has 1 saturated carbocycles. The molecule has 0 amide bonds. The van der Waals surface area contributed by atoms with Crippen molar-refractivity contribution in [2.45, 2.75) is 37.2 Å². The summed E-state index contributed by atoms with van der Waals surface area (Å²) in [4.78, 5) is 3.17. The lowest BCUT2D eigenvalue weighted by Crippen LogP contribution is -2.36. The van der Waals surface area contributed by atoms with Crippen molar-refractivity contribution in [1.29, 1.82) is 0 Å². The fourth-order valence-corrected chi connectivity index (χ4v) is 3.39. The lowest BCUT2D eigenvalue weighted by Gasteiger charge is -2.23. The van der Waals surface area contributed by atoms with Crippen molar-refractivity contribution < 1.29 is 8.42 Å². The molecular formula is C11H19N3O2S. The molecule has 1 fully saturated rings. The van der Waals surface area contributed by atoms with Crippen molar-refractivity contribution in [2.24, 2.45) is 11.7 Å². The molecule has 1 aromatic rings. The van der Waals surface area contributed by atoms with E-state index in [2.05, 4.69) is 4.98 Å². The molecule has 0 radical (unpaired) electrons. The summed E-state index contributed by atoms with van der Waals surface area (Å²) in [6, 6.07) is 1.67. The first kappa shape index (κ1) is 12.6. The number of hydrogen-bond donors (Lipinski definition) is 2. The van der Waals surface area contributed by atoms with Crippen LogP contribution in [0.4, 0.5) is 0 Å². The smallest absolute Gasteiger partial charge is 0.244 e. The number of aromatic nitrogens is 1. The van der Waals surface area contributed by atoms with Crippen LogP contribution in [-0.2, 0) is 16.6 Å². The molecule has 0 bridgehead atoms. The fourth-order valence-electron chi connectivity index (χ4n) is 1.95. The predicted octanol–water partition coefficient (Wildman–Crippen LogP) is 0.892. The van der Waals surface area contributed by atoms with Crippen molar-refractivity contribution in [3.8, 4) is 0 Å². The molecule has 17 heavy (non-hydrogen) atoms. The van der Waals surface area contributed by atoms with E-state index in [-0.39, 0.29) is 6.04 Å². The third kappa shape index (κ3) is 2.38. The molecule has 0 aliphatic heterocycles. The first-order valence-corrected chi connectivity index (χ1v) is 7.26. The molecule has 3 N–H and O–H groups in total. The van der Waals surface area contributed by atoms with Crippen molar-refractivity contribution in [1.82, 2.24) is 9.29 Å². The maximum atomic E-state index is 12.3. The van der Waals surface area contributed by atoms with Gasteiger partial charge >= 0.3 is 0 Å². The van der Waals surface area contributed by atoms with Crippen molar-refractivity contribution >= 4 is 10.0 Å². The van der Waals surface area contributed by atoms with Crippen molar-refractivity contribution in [3.05, 3.63) is 18.0 Å². The van der Waals surface area contributed by atoms with E-state index in [0.29, 0.717) is 17.4 Å². The van der Waals surface area contributed by atoms with Crippen LogP contribution in [0.15, 0.2) is 17.2 Å². The molecule has 1 unspecified atom stereocenters. The predicted molar refractivity (Wildman–Crippen MR) is 65.8 cm³/mol. The Morgan fingerprint density at radius 2 is 2.24 bits per heavy atom. The molecule has 0 spiro atoms. The number of nitrogens with one attached hydrogen (secondary N) is 1. The van der Waals surface area contributed by atoms with E-state index in [9.17, 15) is 8.42 Å². The maximum Gasteiger partial charge on any atom is 0.244 e. The van der Waals surface area contributed by atoms with Gasteiger partial charge in [-0.05, 0) is 31.7 Å². The highest BCUT2D eigenvalue weighted by molar-refractivity contribution is 7.89. The van der Waals surface area contributed by atoms with Gasteiger partial charge in [-0.3, -0.25) is 0 Å². The van der Waals surface area contributed by atoms with Gasteiger partial charge in [-0.25, -0.2) is 8.42 Å². The summed E-state index contributed by atoms with van der Waals surface area (Å²) in [6.45, 7) is 2.28. The Hall–Kier alpha value is -0.850. The van der Waals surface area contributed by atoms with E-state index in [1.165, 1.54) is 10.5 Å². The zero-order valence-electron chi connectivity index (χ0n) is 10.2. The Kier molecular flexibility index (Phi) is 3.29. The van der Waals surface area contributed by atoms with Gasteiger partial charge < -0.3 is 10.7 Å². The number of sulfonamides is 1. The topological polar surface area (TPSA) is 79.2 Å². The molecule has 1 aliphatic carbocycles. The van der Waals surface area contributed by atoms with Crippen LogP contribution in [0, 0.1) is 5.92 Å². The molecule has 2 rings (SSSR count). The molecule has 0 aromatic carbocycles. The second kappa shape index (κ2) is 4.44. The zero-order chi connectivity index (χ0) is 12.6. The van der Waals surface area contributed by atoms with Gasteiger partial charge in [0, 0.05) is 31.5 Å². The largest absolute Gasteiger partial charge is 0.363 e. The van der Waals surface area contributed by atoms with Crippen LogP contribution in [-0.4, -0.2) is 30.8 Å². The summed E-state index contributed by atoms with van der Waals surface area (Å²) < 4.78 is 26.1. The van der Waals surface area contributed by atoms with Gasteiger partial charge in [-0.2, -0.15) is 4.31 Å². The third-order valence-corrected chi connectivity index (χ3v) is 5.41. The van der Waals surface area contributed by atoms with Crippen LogP contribution in [0.5, 0.6) is 0 Å². The highest BCUT2D eigenvalue weighted by Crippen LogP contribution is 2.36. The van der Waals surface area contributed by atoms with E-state index in [0.717, 1.165) is 18.5 Å². The van der Waals surface area contributed by atoms with Crippen LogP contribution in [0.2, 0.25) is 0 Å². The summed E-state index contributed by atoms with van der Waals surface area (Å²) in [5.74, 6) is 0.516. The standard InChI is InChI=1S/C11H19N3O2S/c1-8(9-3-4-9)14(2)17(15,16)11-5-10(6-12)13-7-11/h5,7-9,13H,3-4,6,12H2,1-2H3. The molecule has 1 heterocycles. The number of H-pyrrole nitrogens is 1. The second-order valence-electron chi connectivity index (χ2n) is 4.66. The van der Waals surface area contributed by atoms with Crippen LogP contribution in [0.25, 0.3) is 0 Å². The summed E-state index contributed by atoms with van der Waals surface area (Å²) >= 11 is 0. The molecule has 96 valence electrons. The van der Waals surface area contributed by atoms with Crippen LogP contribution in [0.1, 0.15) is 25.5 Å². The summed E-state index contributed by atoms with van der Waals surface area (Å²) in [6.07, 6.45) is 3.76. The van der Waals surface area contributed by atoms with E-state index >= 15 is 0 Å². The van der Waals surface area contributed by atoms with Gasteiger partial charge in [0.15, 0.2) is 0 Å². The fraction of sp³-hybridized carbons (Fsp3) is 0.636. The average molecular weight is 257 g/mol. The van der Waals surface area contributed by atoms with E-state index in [1.54, 1.807) is 13.1 Å². The summed E-state index contributed by atoms with van der Waals surface area (Å²) in [5, 5.41) is 0. The Morgan fingerprint density at radius 1 is 1.59 bits per heavy atom. The molecule has 6 heteroatoms. The Balaban J connectivity index is 2.22. The first-order valence-electron chi connectivity index (χ1n) is 5.82. The van der Waals surface area contributed by atoms with Crippen LogP contribution in [0.3, 0.4) is 0 Å². The number of hydrogen-bond acceptors (Lipinski definition) is 3.